The zero-order valence-electron chi connectivity index (χ0n) is 14.6. The van der Waals surface area contributed by atoms with Crippen LogP contribution in [-0.4, -0.2) is 24.8 Å². The first-order chi connectivity index (χ1) is 12.4. The molecule has 1 aliphatic heterocycles. The largest absolute Gasteiger partial charge is 0.497 e. The summed E-state index contributed by atoms with van der Waals surface area (Å²) in [6.45, 7) is 3.70. The number of aryl methyl sites for hydroxylation is 1. The Morgan fingerprint density at radius 2 is 1.96 bits per heavy atom. The number of ether oxygens (including phenoxy) is 2. The van der Waals surface area contributed by atoms with Crippen LogP contribution in [0.2, 0.25) is 0 Å². The first kappa shape index (κ1) is 16.0. The fraction of sp³-hybridized carbons (Fsp3) is 0.333. The lowest BCUT2D eigenvalue weighted by Crippen LogP contribution is -2.25. The predicted octanol–water partition coefficient (Wildman–Crippen LogP) is 3.76. The lowest BCUT2D eigenvalue weighted by molar-refractivity contribution is 0.299. The maximum absolute atomic E-state index is 5.89. The molecule has 3 aromatic rings. The zero-order valence-corrected chi connectivity index (χ0v) is 14.6. The molecule has 0 saturated carbocycles. The SMILES string of the molecule is COc1cccc(OCCCn2c3c(c4ccccc42)CCNC3)c1. The van der Waals surface area contributed by atoms with Gasteiger partial charge in [0.1, 0.15) is 11.5 Å². The average Bonchev–Trinajstić information content (AvgIpc) is 2.99. The number of benzene rings is 2. The van der Waals surface area contributed by atoms with Gasteiger partial charge in [0.05, 0.1) is 13.7 Å². The maximum Gasteiger partial charge on any atom is 0.122 e. The molecule has 4 heteroatoms. The second-order valence-electron chi connectivity index (χ2n) is 6.40. The third-order valence-electron chi connectivity index (χ3n) is 4.87. The van der Waals surface area contributed by atoms with Gasteiger partial charge >= 0.3 is 0 Å². The molecule has 0 atom stereocenters. The summed E-state index contributed by atoms with van der Waals surface area (Å²) in [5, 5.41) is 4.92. The van der Waals surface area contributed by atoms with Crippen LogP contribution in [0.3, 0.4) is 0 Å². The smallest absolute Gasteiger partial charge is 0.122 e. The number of nitrogens with zero attached hydrogens (tertiary/aromatic N) is 1. The van der Waals surface area contributed by atoms with Crippen LogP contribution in [0, 0.1) is 0 Å². The van der Waals surface area contributed by atoms with Crippen molar-refractivity contribution in [3.63, 3.8) is 0 Å². The maximum atomic E-state index is 5.89. The van der Waals surface area contributed by atoms with Crippen LogP contribution in [0.5, 0.6) is 11.5 Å². The Kier molecular flexibility index (Phi) is 4.61. The summed E-state index contributed by atoms with van der Waals surface area (Å²) in [7, 11) is 1.67. The molecule has 0 fully saturated rings. The molecule has 4 rings (SSSR count). The lowest BCUT2D eigenvalue weighted by atomic mass is 10.1. The van der Waals surface area contributed by atoms with Crippen molar-refractivity contribution in [1.82, 2.24) is 9.88 Å². The van der Waals surface area contributed by atoms with Gasteiger partial charge in [-0.05, 0) is 43.1 Å². The summed E-state index contributed by atoms with van der Waals surface area (Å²) in [6.07, 6.45) is 2.09. The van der Waals surface area contributed by atoms with Crippen molar-refractivity contribution in [3.8, 4) is 11.5 Å². The van der Waals surface area contributed by atoms with Crippen LogP contribution < -0.4 is 14.8 Å². The molecular formula is C21H24N2O2. The number of nitrogens with one attached hydrogen (secondary N) is 1. The Bertz CT molecular complexity index is 869. The Balaban J connectivity index is 1.46. The van der Waals surface area contributed by atoms with Crippen molar-refractivity contribution in [2.75, 3.05) is 20.3 Å². The van der Waals surface area contributed by atoms with E-state index in [9.17, 15) is 0 Å². The fourth-order valence-electron chi connectivity index (χ4n) is 3.69. The number of methoxy groups -OCH3 is 1. The van der Waals surface area contributed by atoms with Crippen molar-refractivity contribution >= 4 is 10.9 Å². The van der Waals surface area contributed by atoms with Crippen LogP contribution >= 0.6 is 0 Å². The van der Waals surface area contributed by atoms with Crippen molar-refractivity contribution in [2.45, 2.75) is 25.9 Å². The van der Waals surface area contributed by atoms with Crippen LogP contribution in [0.4, 0.5) is 0 Å². The molecule has 0 saturated heterocycles. The summed E-state index contributed by atoms with van der Waals surface area (Å²) in [4.78, 5) is 0. The molecule has 1 aliphatic rings. The molecule has 25 heavy (non-hydrogen) atoms. The van der Waals surface area contributed by atoms with Gasteiger partial charge in [-0.3, -0.25) is 0 Å². The van der Waals surface area contributed by atoms with Crippen LogP contribution in [0.15, 0.2) is 48.5 Å². The van der Waals surface area contributed by atoms with E-state index in [1.165, 1.54) is 22.2 Å². The second-order valence-corrected chi connectivity index (χ2v) is 6.40. The molecule has 0 bridgehead atoms. The third-order valence-corrected chi connectivity index (χ3v) is 4.87. The highest BCUT2D eigenvalue weighted by Gasteiger charge is 2.18. The Morgan fingerprint density at radius 3 is 2.88 bits per heavy atom. The van der Waals surface area contributed by atoms with Gasteiger partial charge < -0.3 is 19.4 Å². The average molecular weight is 336 g/mol. The number of rotatable bonds is 6. The monoisotopic (exact) mass is 336 g/mol. The van der Waals surface area contributed by atoms with Gasteiger partial charge in [-0.2, -0.15) is 0 Å². The highest BCUT2D eigenvalue weighted by molar-refractivity contribution is 5.85. The van der Waals surface area contributed by atoms with Crippen molar-refractivity contribution in [1.29, 1.82) is 0 Å². The Morgan fingerprint density at radius 1 is 1.08 bits per heavy atom. The third kappa shape index (κ3) is 3.22. The lowest BCUT2D eigenvalue weighted by Gasteiger charge is -2.17. The van der Waals surface area contributed by atoms with Gasteiger partial charge in [-0.1, -0.05) is 24.3 Å². The summed E-state index contributed by atoms with van der Waals surface area (Å²) in [6, 6.07) is 16.5. The van der Waals surface area contributed by atoms with E-state index in [2.05, 4.69) is 34.1 Å². The van der Waals surface area contributed by atoms with E-state index in [1.54, 1.807) is 7.11 Å². The van der Waals surface area contributed by atoms with Crippen molar-refractivity contribution in [3.05, 3.63) is 59.8 Å². The molecule has 0 spiro atoms. The van der Waals surface area contributed by atoms with E-state index in [4.69, 9.17) is 9.47 Å². The molecule has 2 aromatic carbocycles. The molecule has 4 nitrogen and oxygen atoms in total. The van der Waals surface area contributed by atoms with E-state index < -0.39 is 0 Å². The molecule has 2 heterocycles. The summed E-state index contributed by atoms with van der Waals surface area (Å²) < 4.78 is 13.6. The van der Waals surface area contributed by atoms with Crippen LogP contribution in [0.25, 0.3) is 10.9 Å². The molecule has 0 amide bonds. The van der Waals surface area contributed by atoms with Gasteiger partial charge in [0.25, 0.3) is 0 Å². The minimum Gasteiger partial charge on any atom is -0.497 e. The molecule has 0 unspecified atom stereocenters. The Labute approximate surface area is 148 Å². The number of para-hydroxylation sites is 1. The van der Waals surface area contributed by atoms with E-state index in [0.29, 0.717) is 6.61 Å². The number of aromatic nitrogens is 1. The minimum absolute atomic E-state index is 0.696. The van der Waals surface area contributed by atoms with Gasteiger partial charge in [0.15, 0.2) is 0 Å². The van der Waals surface area contributed by atoms with E-state index in [-0.39, 0.29) is 0 Å². The van der Waals surface area contributed by atoms with Crippen molar-refractivity contribution in [2.24, 2.45) is 0 Å². The summed E-state index contributed by atoms with van der Waals surface area (Å²) >= 11 is 0. The molecule has 0 radical (unpaired) electrons. The van der Waals surface area contributed by atoms with Gasteiger partial charge in [-0.15, -0.1) is 0 Å². The zero-order chi connectivity index (χ0) is 17.1. The standard InChI is InChI=1S/C21H24N2O2/c1-24-16-6-4-7-17(14-16)25-13-5-12-23-20-9-3-2-8-18(20)19-10-11-22-15-21(19)23/h2-4,6-9,14,22H,5,10-13,15H2,1H3. The molecule has 0 aliphatic carbocycles. The van der Waals surface area contributed by atoms with Crippen LogP contribution in [-0.2, 0) is 19.5 Å². The molecule has 130 valence electrons. The normalized spacial score (nSPS) is 13.6. The number of hydrogen-bond acceptors (Lipinski definition) is 3. The minimum atomic E-state index is 0.696. The summed E-state index contributed by atoms with van der Waals surface area (Å²) in [5.74, 6) is 1.69. The topological polar surface area (TPSA) is 35.4 Å². The van der Waals surface area contributed by atoms with E-state index in [0.717, 1.165) is 44.0 Å². The quantitative estimate of drug-likeness (QED) is 0.696. The predicted molar refractivity (Wildman–Crippen MR) is 100 cm³/mol. The first-order valence-electron chi connectivity index (χ1n) is 8.93. The highest BCUT2D eigenvalue weighted by atomic mass is 16.5. The van der Waals surface area contributed by atoms with Gasteiger partial charge in [0.2, 0.25) is 0 Å². The number of hydrogen-bond donors (Lipinski definition) is 1. The fourth-order valence-corrected chi connectivity index (χ4v) is 3.69. The van der Waals surface area contributed by atoms with E-state index >= 15 is 0 Å². The summed E-state index contributed by atoms with van der Waals surface area (Å²) in [5.41, 5.74) is 4.30. The van der Waals surface area contributed by atoms with Gasteiger partial charge in [-0.25, -0.2) is 0 Å². The number of fused-ring (bicyclic) bond motifs is 3. The van der Waals surface area contributed by atoms with Crippen molar-refractivity contribution < 1.29 is 9.47 Å². The molecule has 1 N–H and O–H groups in total. The molecular weight excluding hydrogens is 312 g/mol. The second kappa shape index (κ2) is 7.19. The Hall–Kier alpha value is -2.46. The van der Waals surface area contributed by atoms with Gasteiger partial charge in [0, 0.05) is 35.8 Å². The highest BCUT2D eigenvalue weighted by Crippen LogP contribution is 2.28. The first-order valence-corrected chi connectivity index (χ1v) is 8.93. The van der Waals surface area contributed by atoms with E-state index in [1.807, 2.05) is 24.3 Å². The van der Waals surface area contributed by atoms with Crippen LogP contribution in [0.1, 0.15) is 17.7 Å². The molecule has 1 aromatic heterocycles.